The van der Waals surface area contributed by atoms with Crippen molar-refractivity contribution in [3.63, 3.8) is 0 Å². The van der Waals surface area contributed by atoms with Gasteiger partial charge in [0, 0.05) is 23.2 Å². The molecule has 4 aromatic rings. The first-order valence-electron chi connectivity index (χ1n) is 10.0. The highest BCUT2D eigenvalue weighted by atomic mass is 32.2. The predicted molar refractivity (Wildman–Crippen MR) is 128 cm³/mol. The quantitative estimate of drug-likeness (QED) is 0.230. The van der Waals surface area contributed by atoms with Crippen molar-refractivity contribution in [3.05, 3.63) is 89.2 Å². The third-order valence-corrected chi connectivity index (χ3v) is 6.76. The number of nitrogens with zero attached hydrogens (tertiary/aromatic N) is 4. The van der Waals surface area contributed by atoms with Crippen LogP contribution in [-0.4, -0.2) is 19.7 Å². The molecule has 0 saturated carbocycles. The van der Waals surface area contributed by atoms with Crippen molar-refractivity contribution in [3.8, 4) is 16.3 Å². The summed E-state index contributed by atoms with van der Waals surface area (Å²) >= 11 is 3.30. The first kappa shape index (κ1) is 21.3. The van der Waals surface area contributed by atoms with E-state index in [1.165, 1.54) is 11.1 Å². The van der Waals surface area contributed by atoms with E-state index < -0.39 is 0 Å². The predicted octanol–water partition coefficient (Wildman–Crippen LogP) is 6.08. The molecule has 0 spiro atoms. The van der Waals surface area contributed by atoms with Crippen molar-refractivity contribution < 1.29 is 4.74 Å². The van der Waals surface area contributed by atoms with Crippen molar-refractivity contribution in [2.24, 2.45) is 0 Å². The zero-order valence-electron chi connectivity index (χ0n) is 17.6. The number of thioether (sulfide) groups is 1. The number of hydrogen-bond acceptors (Lipinski definition) is 6. The molecule has 2 aromatic heterocycles. The van der Waals surface area contributed by atoms with Crippen LogP contribution in [0.15, 0.2) is 71.7 Å². The van der Waals surface area contributed by atoms with Gasteiger partial charge < -0.3 is 4.74 Å². The first-order chi connectivity index (χ1) is 15.2. The minimum atomic E-state index is 0.361. The van der Waals surface area contributed by atoms with Crippen LogP contribution >= 0.6 is 23.1 Å². The molecule has 158 valence electrons. The Bertz CT molecular complexity index is 1180. The Labute approximate surface area is 190 Å². The van der Waals surface area contributed by atoms with Gasteiger partial charge in [0.05, 0.1) is 5.69 Å². The third-order valence-electron chi connectivity index (χ3n) is 4.83. The minimum absolute atomic E-state index is 0.361. The van der Waals surface area contributed by atoms with E-state index in [1.54, 1.807) is 23.1 Å². The summed E-state index contributed by atoms with van der Waals surface area (Å²) in [6.45, 7) is 9.02. The average Bonchev–Trinajstić information content (AvgIpc) is 3.39. The van der Waals surface area contributed by atoms with Crippen LogP contribution in [0.2, 0.25) is 0 Å². The summed E-state index contributed by atoms with van der Waals surface area (Å²) in [6.07, 6.45) is 1.85. The molecule has 4 rings (SSSR count). The molecular formula is C24H24N4OS2. The number of para-hydroxylation sites is 1. The fraction of sp³-hybridized carbons (Fsp3) is 0.208. The molecule has 0 amide bonds. The highest BCUT2D eigenvalue weighted by Crippen LogP contribution is 2.29. The maximum atomic E-state index is 5.97. The van der Waals surface area contributed by atoms with E-state index in [9.17, 15) is 0 Å². The van der Waals surface area contributed by atoms with E-state index in [0.29, 0.717) is 13.2 Å². The van der Waals surface area contributed by atoms with Crippen LogP contribution in [0.25, 0.3) is 10.6 Å². The van der Waals surface area contributed by atoms with Gasteiger partial charge in [0.1, 0.15) is 17.4 Å². The lowest BCUT2D eigenvalue weighted by Gasteiger charge is -2.10. The highest BCUT2D eigenvalue weighted by molar-refractivity contribution is 7.98. The average molecular weight is 449 g/mol. The fourth-order valence-corrected chi connectivity index (χ4v) is 5.03. The second-order valence-electron chi connectivity index (χ2n) is 7.10. The van der Waals surface area contributed by atoms with Gasteiger partial charge in [-0.1, -0.05) is 60.3 Å². The van der Waals surface area contributed by atoms with Gasteiger partial charge in [-0.05, 0) is 31.0 Å². The lowest BCUT2D eigenvalue weighted by molar-refractivity contribution is 0.287. The van der Waals surface area contributed by atoms with Gasteiger partial charge in [-0.25, -0.2) is 4.98 Å². The number of ether oxygens (including phenoxy) is 1. The monoisotopic (exact) mass is 448 g/mol. The topological polar surface area (TPSA) is 52.8 Å². The van der Waals surface area contributed by atoms with E-state index in [2.05, 4.69) is 53.3 Å². The van der Waals surface area contributed by atoms with Crippen molar-refractivity contribution >= 4 is 23.1 Å². The summed E-state index contributed by atoms with van der Waals surface area (Å²) in [4.78, 5) is 4.82. The Morgan fingerprint density at radius 3 is 2.61 bits per heavy atom. The molecular weight excluding hydrogens is 424 g/mol. The summed E-state index contributed by atoms with van der Waals surface area (Å²) < 4.78 is 8.02. The summed E-state index contributed by atoms with van der Waals surface area (Å²) in [5, 5.41) is 12.8. The number of hydrogen-bond donors (Lipinski definition) is 0. The van der Waals surface area contributed by atoms with Crippen molar-refractivity contribution in [2.45, 2.75) is 37.9 Å². The Balaban J connectivity index is 1.45. The normalized spacial score (nSPS) is 10.9. The van der Waals surface area contributed by atoms with Crippen LogP contribution in [0.5, 0.6) is 5.75 Å². The molecule has 2 heterocycles. The molecule has 0 fully saturated rings. The number of aryl methyl sites for hydroxylation is 2. The van der Waals surface area contributed by atoms with Crippen LogP contribution < -0.4 is 4.74 Å². The van der Waals surface area contributed by atoms with Crippen LogP contribution in [0, 0.1) is 13.8 Å². The number of allylic oxidation sites excluding steroid dienone is 1. The maximum Gasteiger partial charge on any atom is 0.191 e. The van der Waals surface area contributed by atoms with Gasteiger partial charge in [0.2, 0.25) is 0 Å². The van der Waals surface area contributed by atoms with E-state index in [0.717, 1.165) is 38.7 Å². The van der Waals surface area contributed by atoms with Crippen LogP contribution in [0.3, 0.4) is 0 Å². The van der Waals surface area contributed by atoms with Crippen LogP contribution in [0.4, 0.5) is 0 Å². The van der Waals surface area contributed by atoms with Crippen LogP contribution in [0.1, 0.15) is 22.6 Å². The number of rotatable bonds is 9. The molecule has 31 heavy (non-hydrogen) atoms. The second-order valence-corrected chi connectivity index (χ2v) is 8.90. The molecule has 2 aromatic carbocycles. The SMILES string of the molecule is C=CCn1c(COc2ccccc2C)nnc1SCc1csc(-c2ccccc2C)n1. The maximum absolute atomic E-state index is 5.97. The Morgan fingerprint density at radius 1 is 1.06 bits per heavy atom. The van der Waals surface area contributed by atoms with Gasteiger partial charge >= 0.3 is 0 Å². The summed E-state index contributed by atoms with van der Waals surface area (Å²) in [5.74, 6) is 2.37. The molecule has 0 atom stereocenters. The fourth-order valence-electron chi connectivity index (χ4n) is 3.15. The third kappa shape index (κ3) is 5.06. The Kier molecular flexibility index (Phi) is 6.84. The summed E-state index contributed by atoms with van der Waals surface area (Å²) in [6, 6.07) is 16.3. The number of benzene rings is 2. The van der Waals surface area contributed by atoms with Crippen molar-refractivity contribution in [2.75, 3.05) is 0 Å². The second kappa shape index (κ2) is 9.94. The Hall–Kier alpha value is -2.90. The number of aromatic nitrogens is 4. The molecule has 0 aliphatic heterocycles. The van der Waals surface area contributed by atoms with Gasteiger partial charge in [0.25, 0.3) is 0 Å². The van der Waals surface area contributed by atoms with Gasteiger partial charge in [0.15, 0.2) is 11.0 Å². The lowest BCUT2D eigenvalue weighted by Crippen LogP contribution is -2.08. The molecule has 0 radical (unpaired) electrons. The largest absolute Gasteiger partial charge is 0.485 e. The molecule has 0 unspecified atom stereocenters. The van der Waals surface area contributed by atoms with Crippen LogP contribution in [-0.2, 0) is 18.9 Å². The zero-order chi connectivity index (χ0) is 21.6. The van der Waals surface area contributed by atoms with E-state index in [-0.39, 0.29) is 0 Å². The minimum Gasteiger partial charge on any atom is -0.485 e. The first-order valence-corrected chi connectivity index (χ1v) is 11.9. The molecule has 5 nitrogen and oxygen atoms in total. The molecule has 0 bridgehead atoms. The van der Waals surface area contributed by atoms with Crippen molar-refractivity contribution in [1.82, 2.24) is 19.7 Å². The highest BCUT2D eigenvalue weighted by Gasteiger charge is 2.14. The zero-order valence-corrected chi connectivity index (χ0v) is 19.2. The molecule has 7 heteroatoms. The lowest BCUT2D eigenvalue weighted by atomic mass is 10.1. The molecule has 0 N–H and O–H groups in total. The van der Waals surface area contributed by atoms with Gasteiger partial charge in [-0.2, -0.15) is 0 Å². The molecule has 0 aliphatic carbocycles. The van der Waals surface area contributed by atoms with E-state index in [4.69, 9.17) is 9.72 Å². The Morgan fingerprint density at radius 2 is 1.84 bits per heavy atom. The van der Waals surface area contributed by atoms with Gasteiger partial charge in [-0.15, -0.1) is 28.1 Å². The van der Waals surface area contributed by atoms with Crippen molar-refractivity contribution in [1.29, 1.82) is 0 Å². The summed E-state index contributed by atoms with van der Waals surface area (Å²) in [7, 11) is 0. The molecule has 0 saturated heterocycles. The van der Waals surface area contributed by atoms with Gasteiger partial charge in [-0.3, -0.25) is 4.57 Å². The number of thiazole rings is 1. The standard InChI is InChI=1S/C24H24N4OS2/c1-4-13-28-22(14-29-21-12-8-6-10-18(21)3)26-27-24(28)31-16-19-15-30-23(25-19)20-11-7-5-9-17(20)2/h4-12,15H,1,13-14,16H2,2-3H3. The smallest absolute Gasteiger partial charge is 0.191 e. The summed E-state index contributed by atoms with van der Waals surface area (Å²) in [5.41, 5.74) is 4.56. The van der Waals surface area contributed by atoms with E-state index >= 15 is 0 Å². The molecule has 0 aliphatic rings. The van der Waals surface area contributed by atoms with E-state index in [1.807, 2.05) is 41.8 Å².